The Hall–Kier alpha value is 1.10. The van der Waals surface area contributed by atoms with Gasteiger partial charge in [0.15, 0.2) is 0 Å². The Balaban J connectivity index is -0.0000000591. The van der Waals surface area contributed by atoms with Crippen molar-refractivity contribution in [3.63, 3.8) is 0 Å². The number of hydrogen-bond acceptors (Lipinski definition) is 0. The third kappa shape index (κ3) is 83.5. The maximum Gasteiger partial charge on any atom is 0 e. The van der Waals surface area contributed by atoms with Gasteiger partial charge >= 0.3 is 0 Å². The molecule has 1 heteroatoms. The fourth-order valence-corrected chi connectivity index (χ4v) is 1.43. The molecule has 0 rings (SSSR count). The van der Waals surface area contributed by atoms with Gasteiger partial charge in [0.05, 0.1) is 0 Å². The molecule has 0 fully saturated rings. The smallest absolute Gasteiger partial charge is 0 e. The van der Waals surface area contributed by atoms with Crippen LogP contribution >= 0.6 is 0 Å². The average molecular weight is 390 g/mol. The van der Waals surface area contributed by atoms with Gasteiger partial charge in [-0.05, 0) is 0 Å². The van der Waals surface area contributed by atoms with Crippen LogP contribution in [0.15, 0.2) is 0 Å². The standard InChI is InChI=1S/2C6H14.C6H13.C3H7.Y/c3*1-3-5-6-4-2;1-3-2;/h2*3-6H2,1-2H3;1,3-6H2,2H3;1,3H2,2H3;/q;;2*-1;. The molecule has 0 saturated carbocycles. The van der Waals surface area contributed by atoms with Crippen LogP contribution in [0.4, 0.5) is 0 Å². The second-order valence-electron chi connectivity index (χ2n) is 5.47. The molecule has 1 radical (unpaired) electrons. The summed E-state index contributed by atoms with van der Waals surface area (Å²) in [5.41, 5.74) is 0. The Kier molecular flexibility index (Phi) is 77.5. The number of unbranched alkanes of at least 4 members (excludes halogenated alkanes) is 9. The summed E-state index contributed by atoms with van der Waals surface area (Å²) in [6.07, 6.45) is 17.1. The maximum atomic E-state index is 3.72. The predicted octanol–water partition coefficient (Wildman–Crippen LogP) is 8.80. The molecule has 0 aliphatic carbocycles. The van der Waals surface area contributed by atoms with Gasteiger partial charge < -0.3 is 13.8 Å². The summed E-state index contributed by atoms with van der Waals surface area (Å²) >= 11 is 0. The Morgan fingerprint density at radius 2 is 0.636 bits per heavy atom. The molecule has 0 aliphatic rings. The van der Waals surface area contributed by atoms with E-state index >= 15 is 0 Å². The topological polar surface area (TPSA) is 0 Å². The Morgan fingerprint density at radius 1 is 0.455 bits per heavy atom. The summed E-state index contributed by atoms with van der Waals surface area (Å²) in [6.45, 7) is 20.4. The maximum absolute atomic E-state index is 3.72. The first-order valence-electron chi connectivity index (χ1n) is 9.74. The molecular formula is C21H48Y-2. The molecule has 0 amide bonds. The summed E-state index contributed by atoms with van der Waals surface area (Å²) in [5, 5.41) is 0. The molecule has 0 bridgehead atoms. The van der Waals surface area contributed by atoms with E-state index in [9.17, 15) is 0 Å². The van der Waals surface area contributed by atoms with Crippen molar-refractivity contribution < 1.29 is 32.7 Å². The van der Waals surface area contributed by atoms with Crippen LogP contribution in [0.2, 0.25) is 0 Å². The second-order valence-corrected chi connectivity index (χ2v) is 5.47. The molecule has 0 N–H and O–H groups in total. The molecule has 0 unspecified atom stereocenters. The van der Waals surface area contributed by atoms with Crippen molar-refractivity contribution in [1.29, 1.82) is 0 Å². The van der Waals surface area contributed by atoms with Crippen molar-refractivity contribution in [3.8, 4) is 0 Å². The number of rotatable bonds is 9. The van der Waals surface area contributed by atoms with Crippen molar-refractivity contribution in [2.45, 2.75) is 125 Å². The van der Waals surface area contributed by atoms with Gasteiger partial charge in [-0.15, -0.1) is 0 Å². The van der Waals surface area contributed by atoms with E-state index in [-0.39, 0.29) is 32.7 Å². The molecule has 0 nitrogen and oxygen atoms in total. The zero-order chi connectivity index (χ0) is 17.2. The van der Waals surface area contributed by atoms with E-state index in [1.807, 2.05) is 6.92 Å². The molecule has 0 spiro atoms. The largest absolute Gasteiger partial charge is 0.344 e. The van der Waals surface area contributed by atoms with E-state index < -0.39 is 0 Å². The van der Waals surface area contributed by atoms with Crippen molar-refractivity contribution in [3.05, 3.63) is 13.8 Å². The molecule has 0 aromatic carbocycles. The number of hydrogen-bond donors (Lipinski definition) is 0. The summed E-state index contributed by atoms with van der Waals surface area (Å²) in [6, 6.07) is 0. The van der Waals surface area contributed by atoms with Crippen LogP contribution in [0, 0.1) is 13.8 Å². The van der Waals surface area contributed by atoms with Gasteiger partial charge in [0.1, 0.15) is 0 Å². The van der Waals surface area contributed by atoms with Crippen LogP contribution in [-0.4, -0.2) is 0 Å². The van der Waals surface area contributed by atoms with Gasteiger partial charge in [-0.25, -0.2) is 0 Å². The third-order valence-electron chi connectivity index (χ3n) is 2.77. The first kappa shape index (κ1) is 34.4. The van der Waals surface area contributed by atoms with Gasteiger partial charge in [0.25, 0.3) is 0 Å². The van der Waals surface area contributed by atoms with Gasteiger partial charge in [-0.1, -0.05) is 112 Å². The van der Waals surface area contributed by atoms with Crippen molar-refractivity contribution in [2.75, 3.05) is 0 Å². The molecule has 137 valence electrons. The minimum absolute atomic E-state index is 0. The van der Waals surface area contributed by atoms with E-state index in [2.05, 4.69) is 48.5 Å². The molecule has 0 aromatic rings. The predicted molar refractivity (Wildman–Crippen MR) is 105 cm³/mol. The summed E-state index contributed by atoms with van der Waals surface area (Å²) in [7, 11) is 0. The van der Waals surface area contributed by atoms with E-state index in [1.54, 1.807) is 0 Å². The fourth-order valence-electron chi connectivity index (χ4n) is 1.43. The SMILES string of the molecule is CCCCCC.CCCCCC.[CH2-]CC.[CH2-]CCCCC.[Y]. The van der Waals surface area contributed by atoms with Crippen LogP contribution in [0.3, 0.4) is 0 Å². The van der Waals surface area contributed by atoms with Crippen LogP contribution in [0.5, 0.6) is 0 Å². The minimum Gasteiger partial charge on any atom is -0.344 e. The minimum atomic E-state index is 0. The normalized spacial score (nSPS) is 8.18. The quantitative estimate of drug-likeness (QED) is 0.273. The zero-order valence-corrected chi connectivity index (χ0v) is 20.0. The Labute approximate surface area is 170 Å². The van der Waals surface area contributed by atoms with Gasteiger partial charge in [-0.3, -0.25) is 0 Å². The second kappa shape index (κ2) is 49.5. The van der Waals surface area contributed by atoms with Crippen molar-refractivity contribution >= 4 is 0 Å². The molecule has 0 atom stereocenters. The summed E-state index contributed by atoms with van der Waals surface area (Å²) in [4.78, 5) is 0. The van der Waals surface area contributed by atoms with Crippen LogP contribution in [0.1, 0.15) is 125 Å². The molecule has 22 heavy (non-hydrogen) atoms. The van der Waals surface area contributed by atoms with E-state index in [0.29, 0.717) is 0 Å². The van der Waals surface area contributed by atoms with Gasteiger partial charge in [-0.2, -0.15) is 12.8 Å². The Bertz CT molecular complexity index is 71.1. The van der Waals surface area contributed by atoms with Crippen molar-refractivity contribution in [2.24, 2.45) is 0 Å². The zero-order valence-electron chi connectivity index (χ0n) is 17.2. The van der Waals surface area contributed by atoms with Crippen LogP contribution in [-0.2, 0) is 32.7 Å². The van der Waals surface area contributed by atoms with E-state index in [4.69, 9.17) is 0 Å². The van der Waals surface area contributed by atoms with Crippen LogP contribution < -0.4 is 0 Å². The molecule has 0 heterocycles. The molecule has 0 saturated heterocycles. The monoisotopic (exact) mass is 389 g/mol. The average Bonchev–Trinajstić information content (AvgIpc) is 2.51. The van der Waals surface area contributed by atoms with Crippen molar-refractivity contribution in [1.82, 2.24) is 0 Å². The third-order valence-corrected chi connectivity index (χ3v) is 2.77. The molecular weight excluding hydrogens is 341 g/mol. The van der Waals surface area contributed by atoms with E-state index in [1.165, 1.54) is 70.6 Å². The van der Waals surface area contributed by atoms with Gasteiger partial charge in [0.2, 0.25) is 0 Å². The van der Waals surface area contributed by atoms with Gasteiger partial charge in [0, 0.05) is 32.7 Å². The molecule has 0 aromatic heterocycles. The van der Waals surface area contributed by atoms with Crippen LogP contribution in [0.25, 0.3) is 0 Å². The summed E-state index contributed by atoms with van der Waals surface area (Å²) in [5.74, 6) is 0. The van der Waals surface area contributed by atoms with E-state index in [0.717, 1.165) is 12.8 Å². The first-order chi connectivity index (χ1) is 10.2. The summed E-state index contributed by atoms with van der Waals surface area (Å²) < 4.78 is 0. The molecule has 0 aliphatic heterocycles. The fraction of sp³-hybridized carbons (Fsp3) is 0.905. The first-order valence-corrected chi connectivity index (χ1v) is 9.74. The Morgan fingerprint density at radius 3 is 0.727 bits per heavy atom.